The van der Waals surface area contributed by atoms with Crippen molar-refractivity contribution < 1.29 is 23.5 Å². The number of rotatable bonds is 6. The number of halogens is 1. The third kappa shape index (κ3) is 3.79. The third-order valence-electron chi connectivity index (χ3n) is 1.89. The van der Waals surface area contributed by atoms with Crippen LogP contribution < -0.4 is 0 Å². The van der Waals surface area contributed by atoms with Gasteiger partial charge in [-0.1, -0.05) is 13.8 Å². The molecule has 0 rings (SSSR count). The van der Waals surface area contributed by atoms with E-state index >= 15 is 0 Å². The highest BCUT2D eigenvalue weighted by Crippen LogP contribution is 2.25. The normalized spacial score (nSPS) is 11.4. The molecule has 0 N–H and O–H groups in total. The van der Waals surface area contributed by atoms with Crippen molar-refractivity contribution in [2.75, 3.05) is 13.2 Å². The molecular weight excluding hydrogens is 215 g/mol. The van der Waals surface area contributed by atoms with Gasteiger partial charge in [0.05, 0.1) is 13.2 Å². The fraction of sp³-hybridized carbons (Fsp3) is 0.818. The predicted octanol–water partition coefficient (Wildman–Crippen LogP) is 1.87. The quantitative estimate of drug-likeness (QED) is 0.520. The van der Waals surface area contributed by atoms with E-state index in [-0.39, 0.29) is 25.6 Å². The number of ether oxygens (including phenoxy) is 2. The molecular formula is C11H19FO4. The zero-order chi connectivity index (χ0) is 12.8. The molecule has 0 aromatic rings. The summed E-state index contributed by atoms with van der Waals surface area (Å²) in [5, 5.41) is 0. The van der Waals surface area contributed by atoms with Gasteiger partial charge < -0.3 is 9.47 Å². The molecule has 0 aromatic carbocycles. The fourth-order valence-electron chi connectivity index (χ4n) is 1.30. The highest BCUT2D eigenvalue weighted by molar-refractivity contribution is 6.03. The van der Waals surface area contributed by atoms with Crippen LogP contribution in [-0.2, 0) is 19.1 Å². The van der Waals surface area contributed by atoms with Gasteiger partial charge in [0.2, 0.25) is 0 Å². The summed E-state index contributed by atoms with van der Waals surface area (Å²) in [6, 6.07) is 0. The van der Waals surface area contributed by atoms with Gasteiger partial charge in [0, 0.05) is 6.42 Å². The Labute approximate surface area is 95.1 Å². The van der Waals surface area contributed by atoms with Gasteiger partial charge in [-0.15, -0.1) is 0 Å². The van der Waals surface area contributed by atoms with Crippen LogP contribution >= 0.6 is 0 Å². The summed E-state index contributed by atoms with van der Waals surface area (Å²) in [6.45, 7) is 6.60. The maximum atomic E-state index is 14.3. The molecule has 0 fully saturated rings. The van der Waals surface area contributed by atoms with Gasteiger partial charge in [0.1, 0.15) is 0 Å². The van der Waals surface area contributed by atoms with Crippen molar-refractivity contribution in [3.8, 4) is 0 Å². The second kappa shape index (κ2) is 6.45. The Hall–Kier alpha value is -1.13. The van der Waals surface area contributed by atoms with Crippen LogP contribution in [0.2, 0.25) is 0 Å². The Morgan fingerprint density at radius 3 is 1.75 bits per heavy atom. The van der Waals surface area contributed by atoms with E-state index in [0.29, 0.717) is 0 Å². The Kier molecular flexibility index (Phi) is 6.00. The van der Waals surface area contributed by atoms with Gasteiger partial charge in [0.15, 0.2) is 0 Å². The van der Waals surface area contributed by atoms with E-state index in [1.807, 2.05) is 0 Å². The lowest BCUT2D eigenvalue weighted by molar-refractivity contribution is -0.175. The van der Waals surface area contributed by atoms with Gasteiger partial charge in [-0.3, -0.25) is 0 Å². The van der Waals surface area contributed by atoms with Gasteiger partial charge in [0.25, 0.3) is 0 Å². The number of carbonyl (C=O) groups excluding carboxylic acids is 2. The van der Waals surface area contributed by atoms with Crippen LogP contribution in [0.15, 0.2) is 0 Å². The first-order valence-corrected chi connectivity index (χ1v) is 5.41. The van der Waals surface area contributed by atoms with E-state index < -0.39 is 17.6 Å². The van der Waals surface area contributed by atoms with E-state index in [1.165, 1.54) is 0 Å². The maximum absolute atomic E-state index is 14.3. The predicted molar refractivity (Wildman–Crippen MR) is 56.6 cm³/mol. The van der Waals surface area contributed by atoms with E-state index in [1.54, 1.807) is 27.7 Å². The molecule has 5 heteroatoms. The van der Waals surface area contributed by atoms with Crippen LogP contribution in [0.25, 0.3) is 0 Å². The van der Waals surface area contributed by atoms with Crippen molar-refractivity contribution >= 4 is 11.9 Å². The number of carbonyl (C=O) groups is 2. The molecule has 16 heavy (non-hydrogen) atoms. The minimum absolute atomic E-state index is 0.0298. The van der Waals surface area contributed by atoms with Crippen molar-refractivity contribution in [2.45, 2.75) is 39.8 Å². The van der Waals surface area contributed by atoms with Crippen LogP contribution in [0.4, 0.5) is 4.39 Å². The molecule has 0 atom stereocenters. The molecule has 0 unspecified atom stereocenters. The van der Waals surface area contributed by atoms with Gasteiger partial charge >= 0.3 is 17.6 Å². The van der Waals surface area contributed by atoms with Crippen molar-refractivity contribution in [1.29, 1.82) is 0 Å². The largest absolute Gasteiger partial charge is 0.463 e. The first kappa shape index (κ1) is 14.9. The van der Waals surface area contributed by atoms with Crippen LogP contribution in [0.1, 0.15) is 34.1 Å². The monoisotopic (exact) mass is 234 g/mol. The summed E-state index contributed by atoms with van der Waals surface area (Å²) in [4.78, 5) is 22.8. The van der Waals surface area contributed by atoms with Crippen LogP contribution in [0, 0.1) is 5.92 Å². The van der Waals surface area contributed by atoms with Gasteiger partial charge in [-0.2, -0.15) is 0 Å². The molecule has 0 aliphatic carbocycles. The minimum Gasteiger partial charge on any atom is -0.463 e. The molecule has 0 heterocycles. The molecule has 0 saturated carbocycles. The molecule has 0 radical (unpaired) electrons. The smallest absolute Gasteiger partial charge is 0.355 e. The Bertz CT molecular complexity index is 232. The van der Waals surface area contributed by atoms with Crippen molar-refractivity contribution in [3.63, 3.8) is 0 Å². The molecule has 0 amide bonds. The summed E-state index contributed by atoms with van der Waals surface area (Å²) in [7, 11) is 0. The average Bonchev–Trinajstić information content (AvgIpc) is 2.17. The van der Waals surface area contributed by atoms with Gasteiger partial charge in [-0.25, -0.2) is 14.0 Å². The van der Waals surface area contributed by atoms with Crippen molar-refractivity contribution in [2.24, 2.45) is 5.92 Å². The van der Waals surface area contributed by atoms with E-state index in [2.05, 4.69) is 9.47 Å². The fourth-order valence-corrected chi connectivity index (χ4v) is 1.30. The summed E-state index contributed by atoms with van der Waals surface area (Å²) < 4.78 is 23.4. The summed E-state index contributed by atoms with van der Waals surface area (Å²) >= 11 is 0. The topological polar surface area (TPSA) is 52.6 Å². The molecule has 0 aliphatic heterocycles. The molecule has 94 valence electrons. The molecule has 0 spiro atoms. The molecule has 0 saturated heterocycles. The first-order valence-electron chi connectivity index (χ1n) is 5.41. The second-order valence-electron chi connectivity index (χ2n) is 3.84. The molecule has 0 aromatic heterocycles. The zero-order valence-electron chi connectivity index (χ0n) is 10.2. The average molecular weight is 234 g/mol. The Balaban J connectivity index is 4.86. The maximum Gasteiger partial charge on any atom is 0.355 e. The summed E-state index contributed by atoms with van der Waals surface area (Å²) in [6.07, 6.45) is -0.231. The number of esters is 2. The lowest BCUT2D eigenvalue weighted by Crippen LogP contribution is -2.46. The number of hydrogen-bond acceptors (Lipinski definition) is 4. The molecule has 4 nitrogen and oxygen atoms in total. The standard InChI is InChI=1S/C11H19FO4/c1-5-15-9(13)11(12,7-8(3)4)10(14)16-6-2/h8H,5-7H2,1-4H3. The van der Waals surface area contributed by atoms with Crippen molar-refractivity contribution in [1.82, 2.24) is 0 Å². The van der Waals surface area contributed by atoms with Crippen LogP contribution in [0.5, 0.6) is 0 Å². The molecule has 0 aliphatic rings. The lowest BCUT2D eigenvalue weighted by atomic mass is 9.94. The third-order valence-corrected chi connectivity index (χ3v) is 1.89. The first-order chi connectivity index (χ1) is 7.38. The highest BCUT2D eigenvalue weighted by Gasteiger charge is 2.50. The Morgan fingerprint density at radius 2 is 1.50 bits per heavy atom. The second-order valence-corrected chi connectivity index (χ2v) is 3.84. The van der Waals surface area contributed by atoms with E-state index in [9.17, 15) is 14.0 Å². The summed E-state index contributed by atoms with van der Waals surface area (Å²) in [5.41, 5.74) is -2.68. The van der Waals surface area contributed by atoms with E-state index in [0.717, 1.165) is 0 Å². The SMILES string of the molecule is CCOC(=O)C(F)(CC(C)C)C(=O)OCC. The van der Waals surface area contributed by atoms with Crippen LogP contribution in [0.3, 0.4) is 0 Å². The molecule has 0 bridgehead atoms. The lowest BCUT2D eigenvalue weighted by Gasteiger charge is -2.22. The van der Waals surface area contributed by atoms with Crippen molar-refractivity contribution in [3.05, 3.63) is 0 Å². The minimum atomic E-state index is -2.68. The highest BCUT2D eigenvalue weighted by atomic mass is 19.1. The van der Waals surface area contributed by atoms with Crippen LogP contribution in [-0.4, -0.2) is 30.8 Å². The zero-order valence-corrected chi connectivity index (χ0v) is 10.2. The van der Waals surface area contributed by atoms with Gasteiger partial charge in [-0.05, 0) is 19.8 Å². The Morgan fingerprint density at radius 1 is 1.12 bits per heavy atom. The van der Waals surface area contributed by atoms with E-state index in [4.69, 9.17) is 0 Å². The number of hydrogen-bond donors (Lipinski definition) is 0. The summed E-state index contributed by atoms with van der Waals surface area (Å²) in [5.74, 6) is -2.48. The number of alkyl halides is 1.